The van der Waals surface area contributed by atoms with Crippen molar-refractivity contribution in [2.45, 2.75) is 0 Å². The SMILES string of the molecule is O.O.O.[I][Ni]([I])[I]. The summed E-state index contributed by atoms with van der Waals surface area (Å²) in [5.41, 5.74) is 0. The van der Waals surface area contributed by atoms with Crippen molar-refractivity contribution >= 4 is 61.5 Å². The van der Waals surface area contributed by atoms with E-state index in [1.807, 2.05) is 0 Å². The third-order valence-electron chi connectivity index (χ3n) is 0. The standard InChI is InChI=1S/3HI.Ni.3H2O/h3*1H;;3*1H2/q;;;+3;;;/p-3. The van der Waals surface area contributed by atoms with Crippen molar-refractivity contribution in [1.82, 2.24) is 0 Å². The molecule has 55 valence electrons. The molecule has 0 heterocycles. The van der Waals surface area contributed by atoms with E-state index in [0.29, 0.717) is 3.86 Å². The molecule has 7 heavy (non-hydrogen) atoms. The molecule has 0 amide bonds. The number of hydrogen-bond donors (Lipinski definition) is 0. The Balaban J connectivity index is -0.0000000150. The summed E-state index contributed by atoms with van der Waals surface area (Å²) >= 11 is 7.08. The van der Waals surface area contributed by atoms with Gasteiger partial charge >= 0.3 is 65.3 Å². The van der Waals surface area contributed by atoms with Crippen LogP contribution in [0.2, 0.25) is 0 Å². The summed E-state index contributed by atoms with van der Waals surface area (Å²) in [5.74, 6) is 0. The van der Waals surface area contributed by atoms with E-state index in [1.165, 1.54) is 0 Å². The maximum atomic E-state index is 2.36. The number of hydrogen-bond acceptors (Lipinski definition) is 0. The first-order chi connectivity index (χ1) is 1.73. The van der Waals surface area contributed by atoms with Crippen LogP contribution in [0.15, 0.2) is 0 Å². The van der Waals surface area contributed by atoms with E-state index in [0.717, 1.165) is 0 Å². The molecule has 0 saturated carbocycles. The molecule has 3 nitrogen and oxygen atoms in total. The summed E-state index contributed by atoms with van der Waals surface area (Å²) in [6, 6.07) is 0. The van der Waals surface area contributed by atoms with Crippen LogP contribution in [-0.2, 0) is 3.86 Å². The molecule has 0 aliphatic heterocycles. The van der Waals surface area contributed by atoms with Crippen LogP contribution in [0.1, 0.15) is 0 Å². The molecule has 0 fully saturated rings. The van der Waals surface area contributed by atoms with Crippen LogP contribution in [0.4, 0.5) is 0 Å². The van der Waals surface area contributed by atoms with Gasteiger partial charge in [-0.15, -0.1) is 0 Å². The Bertz CT molecular complexity index is 14.9. The van der Waals surface area contributed by atoms with E-state index < -0.39 is 0 Å². The van der Waals surface area contributed by atoms with Gasteiger partial charge in [-0.2, -0.15) is 0 Å². The molecule has 0 aromatic rings. The molecule has 0 unspecified atom stereocenters. The Labute approximate surface area is 80.2 Å². The molecule has 0 atom stereocenters. The molecule has 0 aromatic carbocycles. The molecule has 0 rings (SSSR count). The third kappa shape index (κ3) is 56.1. The van der Waals surface area contributed by atoms with Crippen molar-refractivity contribution < 1.29 is 20.3 Å². The first-order valence-corrected chi connectivity index (χ1v) is 9.92. The quantitative estimate of drug-likeness (QED) is 0.340. The predicted molar refractivity (Wildman–Crippen MR) is 52.9 cm³/mol. The predicted octanol–water partition coefficient (Wildman–Crippen LogP) is 0.180. The van der Waals surface area contributed by atoms with E-state index in [4.69, 9.17) is 0 Å². The molecule has 0 spiro atoms. The summed E-state index contributed by atoms with van der Waals surface area (Å²) in [5, 5.41) is 0. The second kappa shape index (κ2) is 15.8. The van der Waals surface area contributed by atoms with Crippen LogP contribution in [0.5, 0.6) is 0 Å². The van der Waals surface area contributed by atoms with Crippen molar-refractivity contribution in [1.29, 1.82) is 0 Å². The van der Waals surface area contributed by atoms with E-state index in [1.54, 1.807) is 0 Å². The minimum absolute atomic E-state index is 0. The first kappa shape index (κ1) is 22.7. The minimum atomic E-state index is 0. The van der Waals surface area contributed by atoms with E-state index >= 15 is 0 Å². The number of rotatable bonds is 0. The zero-order chi connectivity index (χ0) is 3.58. The molecule has 0 aromatic heterocycles. The van der Waals surface area contributed by atoms with E-state index in [-0.39, 0.29) is 16.4 Å². The summed E-state index contributed by atoms with van der Waals surface area (Å²) in [6.07, 6.45) is 0. The Kier molecular flexibility index (Phi) is 51.2. The van der Waals surface area contributed by atoms with Gasteiger partial charge in [-0.25, -0.2) is 0 Å². The average Bonchev–Trinajstić information content (AvgIpc) is 0.811. The first-order valence-electron chi connectivity index (χ1n) is 0.359. The molecule has 0 aliphatic carbocycles. The van der Waals surface area contributed by atoms with Crippen molar-refractivity contribution in [3.8, 4) is 0 Å². The molecule has 6 N–H and O–H groups in total. The Hall–Kier alpha value is 2.56. The molecule has 0 aliphatic rings. The van der Waals surface area contributed by atoms with Crippen LogP contribution in [0, 0.1) is 0 Å². The van der Waals surface area contributed by atoms with Crippen molar-refractivity contribution in [2.75, 3.05) is 0 Å². The molecular formula is H6I3NiO3. The second-order valence-corrected chi connectivity index (χ2v) is 25.1. The Morgan fingerprint density at radius 3 is 0.714 bits per heavy atom. The van der Waals surface area contributed by atoms with E-state index in [9.17, 15) is 0 Å². The zero-order valence-corrected chi connectivity index (χ0v) is 10.4. The topological polar surface area (TPSA) is 94.5 Å². The van der Waals surface area contributed by atoms with Crippen LogP contribution in [-0.4, -0.2) is 16.4 Å². The fraction of sp³-hybridized carbons (Fsp3) is 0. The molecule has 7 heteroatoms. The Morgan fingerprint density at radius 2 is 0.714 bits per heavy atom. The van der Waals surface area contributed by atoms with Crippen LogP contribution in [0.3, 0.4) is 0 Å². The van der Waals surface area contributed by atoms with Gasteiger partial charge in [0.2, 0.25) is 0 Å². The third-order valence-corrected chi connectivity index (χ3v) is 0. The zero-order valence-electron chi connectivity index (χ0n) is 2.95. The fourth-order valence-electron chi connectivity index (χ4n) is 0. The van der Waals surface area contributed by atoms with Gasteiger partial charge in [0, 0.05) is 0 Å². The monoisotopic (exact) mass is 493 g/mol. The van der Waals surface area contributed by atoms with Gasteiger partial charge in [0.1, 0.15) is 0 Å². The summed E-state index contributed by atoms with van der Waals surface area (Å²) in [7, 11) is 0. The van der Waals surface area contributed by atoms with Gasteiger partial charge in [-0.05, 0) is 0 Å². The van der Waals surface area contributed by atoms with Gasteiger partial charge in [0.25, 0.3) is 0 Å². The molecule has 0 saturated heterocycles. The number of halogens is 3. The van der Waals surface area contributed by atoms with Crippen LogP contribution in [0.25, 0.3) is 0 Å². The van der Waals surface area contributed by atoms with Gasteiger partial charge in [0.05, 0.1) is 0 Å². The summed E-state index contributed by atoms with van der Waals surface area (Å²) in [6.45, 7) is 0. The maximum absolute atomic E-state index is 2.36. The average molecular weight is 493 g/mol. The van der Waals surface area contributed by atoms with Crippen LogP contribution < -0.4 is 0 Å². The van der Waals surface area contributed by atoms with Crippen molar-refractivity contribution in [3.63, 3.8) is 0 Å². The van der Waals surface area contributed by atoms with Crippen molar-refractivity contribution in [2.24, 2.45) is 0 Å². The fourth-order valence-corrected chi connectivity index (χ4v) is 0. The van der Waals surface area contributed by atoms with Gasteiger partial charge < -0.3 is 16.4 Å². The van der Waals surface area contributed by atoms with Gasteiger partial charge in [-0.3, -0.25) is 0 Å². The normalized spacial score (nSPS) is 6.43. The summed E-state index contributed by atoms with van der Waals surface area (Å²) in [4.78, 5) is 0. The summed E-state index contributed by atoms with van der Waals surface area (Å²) < 4.78 is 0.452. The van der Waals surface area contributed by atoms with Gasteiger partial charge in [-0.1, -0.05) is 0 Å². The Morgan fingerprint density at radius 1 is 0.714 bits per heavy atom. The second-order valence-electron chi connectivity index (χ2n) is 0.136. The van der Waals surface area contributed by atoms with Crippen molar-refractivity contribution in [3.05, 3.63) is 0 Å². The van der Waals surface area contributed by atoms with Crippen LogP contribution >= 0.6 is 61.5 Å². The molecular weight excluding hydrogens is 487 g/mol. The molecule has 0 radical (unpaired) electrons. The van der Waals surface area contributed by atoms with E-state index in [2.05, 4.69) is 61.5 Å². The van der Waals surface area contributed by atoms with Gasteiger partial charge in [0.15, 0.2) is 0 Å². The molecule has 0 bridgehead atoms.